The van der Waals surface area contributed by atoms with Crippen molar-refractivity contribution in [1.82, 2.24) is 4.98 Å². The maximum Gasteiger partial charge on any atom is 0.182 e. The van der Waals surface area contributed by atoms with Crippen LogP contribution < -0.4 is 5.32 Å². The van der Waals surface area contributed by atoms with Crippen LogP contribution in [0.25, 0.3) is 0 Å². The Morgan fingerprint density at radius 1 is 1.40 bits per heavy atom. The lowest BCUT2D eigenvalue weighted by Crippen LogP contribution is -2.25. The molecule has 1 aliphatic carbocycles. The van der Waals surface area contributed by atoms with Gasteiger partial charge in [-0.05, 0) is 31.6 Å². The van der Waals surface area contributed by atoms with Crippen LogP contribution in [-0.4, -0.2) is 11.0 Å². The average Bonchev–Trinajstić information content (AvgIpc) is 2.74. The van der Waals surface area contributed by atoms with Crippen molar-refractivity contribution in [3.63, 3.8) is 0 Å². The summed E-state index contributed by atoms with van der Waals surface area (Å²) in [5.74, 6) is 0.990. The molecule has 1 fully saturated rings. The molecule has 0 aromatic carbocycles. The molecule has 1 N–H and O–H groups in total. The van der Waals surface area contributed by atoms with Crippen molar-refractivity contribution < 1.29 is 0 Å². The van der Waals surface area contributed by atoms with Gasteiger partial charge in [-0.1, -0.05) is 19.8 Å². The molecular formula is C12H20N2S. The summed E-state index contributed by atoms with van der Waals surface area (Å²) in [7, 11) is 0. The van der Waals surface area contributed by atoms with Crippen molar-refractivity contribution in [2.75, 3.05) is 5.32 Å². The van der Waals surface area contributed by atoms with Crippen LogP contribution in [0.4, 0.5) is 5.13 Å². The Kier molecular flexibility index (Phi) is 4.01. The Balaban J connectivity index is 1.74. The van der Waals surface area contributed by atoms with Gasteiger partial charge in [0.1, 0.15) is 0 Å². The average molecular weight is 224 g/mol. The van der Waals surface area contributed by atoms with Crippen molar-refractivity contribution in [1.29, 1.82) is 0 Å². The molecule has 84 valence electrons. The normalized spacial score (nSPS) is 26.5. The minimum atomic E-state index is 0.671. The highest BCUT2D eigenvalue weighted by molar-refractivity contribution is 7.13. The van der Waals surface area contributed by atoms with E-state index in [0.717, 1.165) is 11.0 Å². The zero-order valence-electron chi connectivity index (χ0n) is 9.41. The second-order valence-electron chi connectivity index (χ2n) is 4.49. The van der Waals surface area contributed by atoms with Crippen molar-refractivity contribution in [2.24, 2.45) is 5.92 Å². The van der Waals surface area contributed by atoms with Gasteiger partial charge >= 0.3 is 0 Å². The Bertz CT molecular complexity index is 263. The van der Waals surface area contributed by atoms with E-state index in [9.17, 15) is 0 Å². The molecule has 0 aliphatic heterocycles. The highest BCUT2D eigenvalue weighted by atomic mass is 32.1. The van der Waals surface area contributed by atoms with Gasteiger partial charge in [-0.3, -0.25) is 0 Å². The zero-order valence-corrected chi connectivity index (χ0v) is 10.2. The summed E-state index contributed by atoms with van der Waals surface area (Å²) in [6.45, 7) is 2.29. The van der Waals surface area contributed by atoms with E-state index in [1.807, 2.05) is 11.6 Å². The Morgan fingerprint density at radius 3 is 2.80 bits per heavy atom. The maximum absolute atomic E-state index is 4.27. The molecule has 2 rings (SSSR count). The topological polar surface area (TPSA) is 24.9 Å². The number of nitrogens with one attached hydrogen (secondary N) is 1. The van der Waals surface area contributed by atoms with Crippen LogP contribution in [0.2, 0.25) is 0 Å². The van der Waals surface area contributed by atoms with Crippen LogP contribution in [0.15, 0.2) is 11.6 Å². The lowest BCUT2D eigenvalue weighted by molar-refractivity contribution is 0.319. The summed E-state index contributed by atoms with van der Waals surface area (Å²) in [5.41, 5.74) is 0. The van der Waals surface area contributed by atoms with Gasteiger partial charge in [-0.2, -0.15) is 0 Å². The smallest absolute Gasteiger partial charge is 0.182 e. The molecule has 1 aromatic heterocycles. The summed E-state index contributed by atoms with van der Waals surface area (Å²) < 4.78 is 0. The molecule has 0 spiro atoms. The predicted molar refractivity (Wildman–Crippen MR) is 66.4 cm³/mol. The first-order valence-electron chi connectivity index (χ1n) is 6.04. The Labute approximate surface area is 96.1 Å². The lowest BCUT2D eigenvalue weighted by Gasteiger charge is -2.28. The molecule has 0 unspecified atom stereocenters. The van der Waals surface area contributed by atoms with E-state index < -0.39 is 0 Å². The zero-order chi connectivity index (χ0) is 10.5. The third-order valence-electron chi connectivity index (χ3n) is 3.30. The van der Waals surface area contributed by atoms with Gasteiger partial charge in [0.15, 0.2) is 5.13 Å². The number of thiazole rings is 1. The Hall–Kier alpha value is -0.570. The highest BCUT2D eigenvalue weighted by Gasteiger charge is 2.20. The van der Waals surface area contributed by atoms with Crippen LogP contribution in [0.3, 0.4) is 0 Å². The summed E-state index contributed by atoms with van der Waals surface area (Å²) in [5, 5.41) is 6.66. The molecule has 2 nitrogen and oxygen atoms in total. The second-order valence-corrected chi connectivity index (χ2v) is 5.38. The number of hydrogen-bond donors (Lipinski definition) is 1. The highest BCUT2D eigenvalue weighted by Crippen LogP contribution is 2.29. The van der Waals surface area contributed by atoms with Crippen LogP contribution in [0.1, 0.15) is 45.4 Å². The third-order valence-corrected chi connectivity index (χ3v) is 4.01. The van der Waals surface area contributed by atoms with Crippen LogP contribution >= 0.6 is 11.3 Å². The third kappa shape index (κ3) is 3.20. The largest absolute Gasteiger partial charge is 0.359 e. The predicted octanol–water partition coefficient (Wildman–Crippen LogP) is 3.91. The van der Waals surface area contributed by atoms with Gasteiger partial charge in [-0.25, -0.2) is 4.98 Å². The van der Waals surface area contributed by atoms with Gasteiger partial charge < -0.3 is 5.32 Å². The SMILES string of the molecule is CCCC1CCC(Nc2nccs2)CC1. The summed E-state index contributed by atoms with van der Waals surface area (Å²) in [6, 6.07) is 0.671. The number of hydrogen-bond acceptors (Lipinski definition) is 3. The van der Waals surface area contributed by atoms with Crippen molar-refractivity contribution in [2.45, 2.75) is 51.5 Å². The monoisotopic (exact) mass is 224 g/mol. The summed E-state index contributed by atoms with van der Waals surface area (Å²) >= 11 is 1.71. The summed E-state index contributed by atoms with van der Waals surface area (Å²) in [6.07, 6.45) is 10.1. The van der Waals surface area contributed by atoms with Gasteiger partial charge in [-0.15, -0.1) is 11.3 Å². The van der Waals surface area contributed by atoms with E-state index in [2.05, 4.69) is 17.2 Å². The second kappa shape index (κ2) is 5.50. The molecule has 0 saturated heterocycles. The molecule has 1 aromatic rings. The fourth-order valence-corrected chi connectivity index (χ4v) is 3.08. The lowest BCUT2D eigenvalue weighted by atomic mass is 9.83. The minimum absolute atomic E-state index is 0.671. The first-order valence-corrected chi connectivity index (χ1v) is 6.92. The van der Waals surface area contributed by atoms with E-state index >= 15 is 0 Å². The van der Waals surface area contributed by atoms with Crippen LogP contribution in [0.5, 0.6) is 0 Å². The molecule has 0 amide bonds. The number of anilines is 1. The van der Waals surface area contributed by atoms with Crippen LogP contribution in [0, 0.1) is 5.92 Å². The fraction of sp³-hybridized carbons (Fsp3) is 0.750. The molecule has 0 atom stereocenters. The standard InChI is InChI=1S/C12H20N2S/c1-2-3-10-4-6-11(7-5-10)14-12-13-8-9-15-12/h8-11H,2-7H2,1H3,(H,13,14). The molecule has 1 saturated carbocycles. The van der Waals surface area contributed by atoms with Crippen molar-refractivity contribution >= 4 is 16.5 Å². The van der Waals surface area contributed by atoms with Gasteiger partial charge in [0, 0.05) is 17.6 Å². The molecule has 15 heavy (non-hydrogen) atoms. The fourth-order valence-electron chi connectivity index (χ4n) is 2.47. The van der Waals surface area contributed by atoms with E-state index in [4.69, 9.17) is 0 Å². The first kappa shape index (κ1) is 10.9. The first-order chi connectivity index (χ1) is 7.38. The maximum atomic E-state index is 4.27. The summed E-state index contributed by atoms with van der Waals surface area (Å²) in [4.78, 5) is 4.27. The van der Waals surface area contributed by atoms with Gasteiger partial charge in [0.25, 0.3) is 0 Å². The van der Waals surface area contributed by atoms with Crippen molar-refractivity contribution in [3.05, 3.63) is 11.6 Å². The van der Waals surface area contributed by atoms with E-state index in [0.29, 0.717) is 6.04 Å². The van der Waals surface area contributed by atoms with E-state index in [1.54, 1.807) is 11.3 Å². The molecule has 3 heteroatoms. The van der Waals surface area contributed by atoms with Gasteiger partial charge in [0.05, 0.1) is 0 Å². The van der Waals surface area contributed by atoms with Crippen LogP contribution in [-0.2, 0) is 0 Å². The number of nitrogens with zero attached hydrogens (tertiary/aromatic N) is 1. The minimum Gasteiger partial charge on any atom is -0.359 e. The number of aromatic nitrogens is 1. The van der Waals surface area contributed by atoms with Crippen molar-refractivity contribution in [3.8, 4) is 0 Å². The Morgan fingerprint density at radius 2 is 2.20 bits per heavy atom. The molecule has 0 radical (unpaired) electrons. The molecule has 1 heterocycles. The molecule has 1 aliphatic rings. The number of rotatable bonds is 4. The van der Waals surface area contributed by atoms with E-state index in [-0.39, 0.29) is 0 Å². The quantitative estimate of drug-likeness (QED) is 0.838. The van der Waals surface area contributed by atoms with E-state index in [1.165, 1.54) is 38.5 Å². The molecule has 0 bridgehead atoms. The molecular weight excluding hydrogens is 204 g/mol. The van der Waals surface area contributed by atoms with Gasteiger partial charge in [0.2, 0.25) is 0 Å².